The molecule has 1 saturated carbocycles. The lowest BCUT2D eigenvalue weighted by Crippen LogP contribution is -2.13. The van der Waals surface area contributed by atoms with Crippen LogP contribution in [0.15, 0.2) is 181 Å². The van der Waals surface area contributed by atoms with Gasteiger partial charge in [0.2, 0.25) is 21.1 Å². The first-order valence-corrected chi connectivity index (χ1v) is 27.4. The van der Waals surface area contributed by atoms with Gasteiger partial charge in [-0.25, -0.2) is 0 Å². The second kappa shape index (κ2) is 19.6. The summed E-state index contributed by atoms with van der Waals surface area (Å²) in [6.07, 6.45) is 15.0. The Morgan fingerprint density at radius 2 is 1.23 bits per heavy atom. The fourth-order valence-corrected chi connectivity index (χ4v) is 12.9. The van der Waals surface area contributed by atoms with Gasteiger partial charge < -0.3 is 5.11 Å². The normalized spacial score (nSPS) is 19.1. The minimum atomic E-state index is -4.43. The van der Waals surface area contributed by atoms with Crippen LogP contribution in [0.25, 0.3) is 38.1 Å². The predicted molar refractivity (Wildman–Crippen MR) is 263 cm³/mol. The number of hydrogen-bond donors (Lipinski definition) is 4. The number of aliphatic carboxylic acids is 1. The molecule has 0 spiro atoms. The summed E-state index contributed by atoms with van der Waals surface area (Å²) in [5.41, 5.74) is 6.90. The summed E-state index contributed by atoms with van der Waals surface area (Å²) in [5, 5.41) is 9.65. The molecule has 4 aromatic carbocycles. The van der Waals surface area contributed by atoms with E-state index in [0.29, 0.717) is 16.9 Å². The molecule has 2 heterocycles. The number of carbonyl (C=O) groups is 1. The summed E-state index contributed by atoms with van der Waals surface area (Å²) in [7, 11) is -13.2. The Kier molecular flexibility index (Phi) is 14.0. The molecular formula is C49H41O11S6+. The summed E-state index contributed by atoms with van der Waals surface area (Å²) in [4.78, 5) is 15.6. The van der Waals surface area contributed by atoms with E-state index in [1.165, 1.54) is 59.9 Å². The standard InChI is InChI=1S/C49H40O11S6/c50-48(51)24-25-61-49-44(22-14-39-27-37(29-46(62-39)33-4-2-1-3-5-33)31-8-16-41(17-9-31)64(52,53)54)35-6-7-36(26-35)45(49)23-15-40-28-38(32-10-18-42(19-11-32)65(55,56)57)30-47(63-40)34-12-20-43(21-13-34)66(58,59)60/h1-5,8-23,27-30,35-36H,6-7,24-26H2,(H3-,50,51,52,53,54,55,56,57,58,59,60)/p+1. The van der Waals surface area contributed by atoms with E-state index in [4.69, 9.17) is 0 Å². The van der Waals surface area contributed by atoms with Gasteiger partial charge in [0.25, 0.3) is 30.4 Å². The molecule has 1 aliphatic heterocycles. The van der Waals surface area contributed by atoms with E-state index in [2.05, 4.69) is 24.3 Å². The van der Waals surface area contributed by atoms with Crippen molar-refractivity contribution in [1.29, 1.82) is 0 Å². The van der Waals surface area contributed by atoms with Gasteiger partial charge in [0.1, 0.15) is 0 Å². The summed E-state index contributed by atoms with van der Waals surface area (Å²) < 4.78 is 99.6. The number of rotatable bonds is 14. The van der Waals surface area contributed by atoms with E-state index in [1.807, 2.05) is 54.6 Å². The first kappa shape index (κ1) is 47.3. The quantitative estimate of drug-likeness (QED) is 0.0605. The van der Waals surface area contributed by atoms with Crippen molar-refractivity contribution in [1.82, 2.24) is 0 Å². The molecule has 11 nitrogen and oxygen atoms in total. The lowest BCUT2D eigenvalue weighted by molar-refractivity contribution is -0.136. The lowest BCUT2D eigenvalue weighted by atomic mass is 9.84. The molecule has 1 aromatic heterocycles. The fraction of sp³-hybridized carbons (Fsp3) is 0.143. The number of carboxylic acid groups (broad SMARTS) is 1. The Hall–Kier alpha value is -5.21. The third-order valence-electron chi connectivity index (χ3n) is 11.3. The molecular weight excluding hydrogens is 957 g/mol. The van der Waals surface area contributed by atoms with Crippen LogP contribution >= 0.6 is 34.9 Å². The topological polar surface area (TPSA) is 200 Å². The molecule has 0 amide bonds. The molecule has 0 radical (unpaired) electrons. The second-order valence-electron chi connectivity index (χ2n) is 15.7. The van der Waals surface area contributed by atoms with Gasteiger partial charge in [0, 0.05) is 44.2 Å². The highest BCUT2D eigenvalue weighted by Gasteiger charge is 2.37. The Balaban J connectivity index is 1.21. The molecule has 5 aromatic rings. The van der Waals surface area contributed by atoms with Crippen LogP contribution in [0.5, 0.6) is 0 Å². The lowest BCUT2D eigenvalue weighted by Gasteiger charge is -2.27. The number of carboxylic acids is 1. The van der Waals surface area contributed by atoms with Crippen LogP contribution in [-0.4, -0.2) is 55.7 Å². The van der Waals surface area contributed by atoms with E-state index in [-0.39, 0.29) is 32.9 Å². The average Bonchev–Trinajstić information content (AvgIpc) is 3.73. The molecule has 338 valence electrons. The monoisotopic (exact) mass is 997 g/mol. The highest BCUT2D eigenvalue weighted by Crippen LogP contribution is 2.53. The van der Waals surface area contributed by atoms with E-state index >= 15 is 0 Å². The number of thioether (sulfide) groups is 2. The Morgan fingerprint density at radius 3 is 1.82 bits per heavy atom. The molecule has 8 rings (SSSR count). The van der Waals surface area contributed by atoms with Crippen LogP contribution in [0.3, 0.4) is 0 Å². The molecule has 2 bridgehead atoms. The highest BCUT2D eigenvalue weighted by molar-refractivity contribution is 8.12. The zero-order chi connectivity index (χ0) is 46.8. The van der Waals surface area contributed by atoms with Crippen LogP contribution in [0.1, 0.15) is 41.7 Å². The maximum Gasteiger partial charge on any atom is 0.304 e. The van der Waals surface area contributed by atoms with Gasteiger partial charge in [-0.05, 0) is 137 Å². The summed E-state index contributed by atoms with van der Waals surface area (Å²) in [6, 6.07) is 31.7. The molecule has 2 unspecified atom stereocenters. The van der Waals surface area contributed by atoms with Gasteiger partial charge in [0.05, 0.1) is 21.1 Å². The average molecular weight is 998 g/mol. The first-order valence-electron chi connectivity index (χ1n) is 20.5. The molecule has 0 saturated heterocycles. The van der Waals surface area contributed by atoms with Crippen molar-refractivity contribution < 1.29 is 48.8 Å². The van der Waals surface area contributed by atoms with Gasteiger partial charge in [-0.15, -0.1) is 11.8 Å². The van der Waals surface area contributed by atoms with Crippen LogP contribution in [0.4, 0.5) is 0 Å². The second-order valence-corrected chi connectivity index (χ2v) is 23.3. The van der Waals surface area contributed by atoms with Crippen molar-refractivity contribution in [3.8, 4) is 21.6 Å². The number of benzene rings is 4. The van der Waals surface area contributed by atoms with Gasteiger partial charge in [-0.3, -0.25) is 18.5 Å². The predicted octanol–water partition coefficient (Wildman–Crippen LogP) is 11.7. The summed E-state index contributed by atoms with van der Waals surface area (Å²) >= 11 is 4.57. The van der Waals surface area contributed by atoms with E-state index in [1.54, 1.807) is 47.7 Å². The van der Waals surface area contributed by atoms with Crippen molar-refractivity contribution in [2.75, 3.05) is 5.75 Å². The Morgan fingerprint density at radius 1 is 0.652 bits per heavy atom. The zero-order valence-electron chi connectivity index (χ0n) is 34.7. The minimum Gasteiger partial charge on any atom is -0.481 e. The number of hydrogen-bond acceptors (Lipinski definition) is 9. The van der Waals surface area contributed by atoms with Gasteiger partial charge in [-0.2, -0.15) is 25.3 Å². The maximum absolute atomic E-state index is 11.8. The van der Waals surface area contributed by atoms with E-state index < -0.39 is 36.3 Å². The summed E-state index contributed by atoms with van der Waals surface area (Å²) in [6.45, 7) is 0. The molecule has 1 fully saturated rings. The van der Waals surface area contributed by atoms with Gasteiger partial charge in [0.15, 0.2) is 0 Å². The van der Waals surface area contributed by atoms with Crippen molar-refractivity contribution in [3.05, 3.63) is 183 Å². The van der Waals surface area contributed by atoms with Gasteiger partial charge in [-0.1, -0.05) is 78.5 Å². The smallest absolute Gasteiger partial charge is 0.304 e. The zero-order valence-corrected chi connectivity index (χ0v) is 39.6. The maximum atomic E-state index is 11.8. The number of fused-ring (bicyclic) bond motifs is 2. The molecule has 66 heavy (non-hydrogen) atoms. The van der Waals surface area contributed by atoms with E-state index in [0.717, 1.165) is 77.1 Å². The van der Waals surface area contributed by atoms with Crippen molar-refractivity contribution >= 4 is 87.7 Å². The molecule has 2 atom stereocenters. The molecule has 17 heteroatoms. The van der Waals surface area contributed by atoms with Crippen LogP contribution < -0.4 is 0 Å². The fourth-order valence-electron chi connectivity index (χ4n) is 8.12. The molecule has 2 aliphatic carbocycles. The van der Waals surface area contributed by atoms with Gasteiger partial charge >= 0.3 is 5.97 Å². The minimum absolute atomic E-state index is 0.0291. The Labute approximate surface area is 396 Å². The SMILES string of the molecule is O=C(O)CCSC1=C(/C=C/c2cc(-c3ccc(S(=O)(=O)O)cc3)cc(-c3ccccc3)[s+]2)C2CCC(C2)/C1=C\C=C1/C=C(c2ccc(S(=O)(=O)O)cc2)C=C(c2ccc(S(=O)(=O)O)cc2)S1. The van der Waals surface area contributed by atoms with Crippen molar-refractivity contribution in [2.45, 2.75) is 40.4 Å². The third-order valence-corrected chi connectivity index (χ3v) is 17.2. The number of allylic oxidation sites excluding steroid dienone is 8. The van der Waals surface area contributed by atoms with E-state index in [9.17, 15) is 48.8 Å². The first-order chi connectivity index (χ1) is 31.4. The summed E-state index contributed by atoms with van der Waals surface area (Å²) in [5.74, 6) is -0.0608. The molecule has 4 N–H and O–H groups in total. The van der Waals surface area contributed by atoms with Crippen molar-refractivity contribution in [2.24, 2.45) is 11.8 Å². The molecule has 3 aliphatic rings. The largest absolute Gasteiger partial charge is 0.481 e. The third kappa shape index (κ3) is 11.3. The highest BCUT2D eigenvalue weighted by atomic mass is 32.2. The Bertz CT molecular complexity index is 3240. The van der Waals surface area contributed by atoms with Crippen LogP contribution in [0.2, 0.25) is 0 Å². The van der Waals surface area contributed by atoms with Crippen LogP contribution in [-0.2, 0) is 35.1 Å². The van der Waals surface area contributed by atoms with Crippen molar-refractivity contribution in [3.63, 3.8) is 0 Å². The van der Waals surface area contributed by atoms with Crippen LogP contribution in [0, 0.1) is 11.8 Å².